The van der Waals surface area contributed by atoms with Crippen LogP contribution in [0.4, 0.5) is 10.8 Å². The van der Waals surface area contributed by atoms with E-state index in [0.717, 1.165) is 41.1 Å². The molecule has 136 valence electrons. The van der Waals surface area contributed by atoms with Crippen LogP contribution in [0.15, 0.2) is 18.2 Å². The molecule has 1 fully saturated rings. The molecule has 2 aromatic rings. The molecule has 0 unspecified atom stereocenters. The third-order valence-electron chi connectivity index (χ3n) is 5.10. The SMILES string of the molecule is CCC(=O)Nc1nc(-c2ccc3c(c2)C[C@@H](C)N3C(=O)C2CC2)c(C)s1. The van der Waals surface area contributed by atoms with Crippen molar-refractivity contribution >= 4 is 34.0 Å². The highest BCUT2D eigenvalue weighted by Gasteiger charge is 2.39. The van der Waals surface area contributed by atoms with Gasteiger partial charge in [-0.3, -0.25) is 9.59 Å². The molecule has 2 heterocycles. The van der Waals surface area contributed by atoms with E-state index in [1.807, 2.05) is 24.8 Å². The van der Waals surface area contributed by atoms with Gasteiger partial charge in [0, 0.05) is 34.5 Å². The topological polar surface area (TPSA) is 62.3 Å². The number of amides is 2. The van der Waals surface area contributed by atoms with E-state index < -0.39 is 0 Å². The van der Waals surface area contributed by atoms with Gasteiger partial charge in [0.25, 0.3) is 0 Å². The average molecular weight is 369 g/mol. The molecule has 0 saturated heterocycles. The molecule has 26 heavy (non-hydrogen) atoms. The Morgan fingerprint density at radius 3 is 2.81 bits per heavy atom. The van der Waals surface area contributed by atoms with Gasteiger partial charge in [-0.2, -0.15) is 0 Å². The average Bonchev–Trinajstić information content (AvgIpc) is 3.32. The molecular weight excluding hydrogens is 346 g/mol. The standard InChI is InChI=1S/C20H23N3O2S/c1-4-17(24)21-20-22-18(12(3)26-20)14-7-8-16-15(10-14)9-11(2)23(16)19(25)13-5-6-13/h7-8,10-11,13H,4-6,9H2,1-3H3,(H,21,22,24)/t11-/m1/s1. The largest absolute Gasteiger partial charge is 0.309 e. The van der Waals surface area contributed by atoms with Gasteiger partial charge in [0.15, 0.2) is 5.13 Å². The van der Waals surface area contributed by atoms with Gasteiger partial charge in [-0.15, -0.1) is 11.3 Å². The Morgan fingerprint density at radius 2 is 2.12 bits per heavy atom. The van der Waals surface area contributed by atoms with E-state index in [4.69, 9.17) is 0 Å². The number of aryl methyl sites for hydroxylation is 1. The summed E-state index contributed by atoms with van der Waals surface area (Å²) < 4.78 is 0. The second kappa shape index (κ2) is 6.50. The molecule has 1 aliphatic carbocycles. The quantitative estimate of drug-likeness (QED) is 0.880. The molecule has 0 bridgehead atoms. The summed E-state index contributed by atoms with van der Waals surface area (Å²) in [5.41, 5.74) is 4.20. The maximum atomic E-state index is 12.6. The number of benzene rings is 1. The monoisotopic (exact) mass is 369 g/mol. The van der Waals surface area contributed by atoms with Crippen LogP contribution in [-0.2, 0) is 16.0 Å². The third-order valence-corrected chi connectivity index (χ3v) is 5.98. The zero-order valence-electron chi connectivity index (χ0n) is 15.3. The van der Waals surface area contributed by atoms with Gasteiger partial charge in [-0.05, 0) is 50.8 Å². The van der Waals surface area contributed by atoms with Gasteiger partial charge in [0.2, 0.25) is 11.8 Å². The molecule has 1 aromatic heterocycles. The van der Waals surface area contributed by atoms with Gasteiger partial charge in [0.05, 0.1) is 5.69 Å². The molecule has 4 rings (SSSR count). The minimum absolute atomic E-state index is 0.0256. The molecule has 1 saturated carbocycles. The van der Waals surface area contributed by atoms with Crippen LogP contribution in [-0.4, -0.2) is 22.8 Å². The minimum atomic E-state index is -0.0256. The van der Waals surface area contributed by atoms with Gasteiger partial charge in [0.1, 0.15) is 0 Å². The summed E-state index contributed by atoms with van der Waals surface area (Å²) >= 11 is 1.50. The first kappa shape index (κ1) is 17.2. The van der Waals surface area contributed by atoms with Crippen molar-refractivity contribution in [3.8, 4) is 11.3 Å². The minimum Gasteiger partial charge on any atom is -0.309 e. The first-order valence-corrected chi connectivity index (χ1v) is 10.0. The second-order valence-corrected chi connectivity index (χ2v) is 8.41. The van der Waals surface area contributed by atoms with Gasteiger partial charge in [-0.1, -0.05) is 13.0 Å². The molecule has 6 heteroatoms. The fraction of sp³-hybridized carbons (Fsp3) is 0.450. The van der Waals surface area contributed by atoms with Crippen LogP contribution in [0, 0.1) is 12.8 Å². The number of nitrogens with zero attached hydrogens (tertiary/aromatic N) is 2. The fourth-order valence-electron chi connectivity index (χ4n) is 3.57. The Hall–Kier alpha value is -2.21. The molecule has 1 aliphatic heterocycles. The smallest absolute Gasteiger partial charge is 0.230 e. The number of rotatable bonds is 4. The molecule has 5 nitrogen and oxygen atoms in total. The summed E-state index contributed by atoms with van der Waals surface area (Å²) in [6.45, 7) is 5.97. The highest BCUT2D eigenvalue weighted by molar-refractivity contribution is 7.16. The number of carbonyl (C=O) groups is 2. The Balaban J connectivity index is 1.63. The van der Waals surface area contributed by atoms with Crippen LogP contribution < -0.4 is 10.2 Å². The Labute approximate surface area is 157 Å². The number of anilines is 2. The zero-order chi connectivity index (χ0) is 18.4. The molecule has 2 aliphatic rings. The van der Waals surface area contributed by atoms with E-state index in [0.29, 0.717) is 11.6 Å². The van der Waals surface area contributed by atoms with Crippen molar-refractivity contribution in [1.82, 2.24) is 4.98 Å². The first-order valence-electron chi connectivity index (χ1n) is 9.21. The lowest BCUT2D eigenvalue weighted by Crippen LogP contribution is -2.36. The summed E-state index contributed by atoms with van der Waals surface area (Å²) in [6.07, 6.45) is 3.37. The van der Waals surface area contributed by atoms with Crippen LogP contribution in [0.3, 0.4) is 0 Å². The Kier molecular flexibility index (Phi) is 4.31. The summed E-state index contributed by atoms with van der Waals surface area (Å²) in [6, 6.07) is 6.46. The number of carbonyl (C=O) groups excluding carboxylic acids is 2. The highest BCUT2D eigenvalue weighted by atomic mass is 32.1. The molecule has 0 radical (unpaired) electrons. The van der Waals surface area contributed by atoms with Gasteiger partial charge in [-0.25, -0.2) is 4.98 Å². The Morgan fingerprint density at radius 1 is 1.35 bits per heavy atom. The van der Waals surface area contributed by atoms with Crippen LogP contribution in [0.5, 0.6) is 0 Å². The number of fused-ring (bicyclic) bond motifs is 1. The van der Waals surface area contributed by atoms with E-state index in [1.165, 1.54) is 16.9 Å². The number of thiazole rings is 1. The molecule has 1 N–H and O–H groups in total. The lowest BCUT2D eigenvalue weighted by atomic mass is 10.0. The summed E-state index contributed by atoms with van der Waals surface area (Å²) in [4.78, 5) is 31.9. The van der Waals surface area contributed by atoms with Crippen molar-refractivity contribution < 1.29 is 9.59 Å². The number of nitrogens with one attached hydrogen (secondary N) is 1. The lowest BCUT2D eigenvalue weighted by Gasteiger charge is -2.22. The predicted octanol–water partition coefficient (Wildman–Crippen LogP) is 4.15. The van der Waals surface area contributed by atoms with Crippen molar-refractivity contribution in [3.63, 3.8) is 0 Å². The van der Waals surface area contributed by atoms with Crippen LogP contribution in [0.1, 0.15) is 43.6 Å². The van der Waals surface area contributed by atoms with E-state index in [9.17, 15) is 9.59 Å². The van der Waals surface area contributed by atoms with Crippen LogP contribution in [0.25, 0.3) is 11.3 Å². The zero-order valence-corrected chi connectivity index (χ0v) is 16.2. The van der Waals surface area contributed by atoms with E-state index in [1.54, 1.807) is 0 Å². The molecular formula is C20H23N3O2S. The summed E-state index contributed by atoms with van der Waals surface area (Å²) in [7, 11) is 0. The summed E-state index contributed by atoms with van der Waals surface area (Å²) in [5, 5.41) is 3.48. The number of hydrogen-bond donors (Lipinski definition) is 1. The van der Waals surface area contributed by atoms with Crippen molar-refractivity contribution in [3.05, 3.63) is 28.6 Å². The summed E-state index contributed by atoms with van der Waals surface area (Å²) in [5.74, 6) is 0.481. The maximum absolute atomic E-state index is 12.6. The number of hydrogen-bond acceptors (Lipinski definition) is 4. The van der Waals surface area contributed by atoms with Crippen molar-refractivity contribution in [1.29, 1.82) is 0 Å². The third kappa shape index (κ3) is 3.03. The molecule has 1 aromatic carbocycles. The normalized spacial score (nSPS) is 18.7. The van der Waals surface area contributed by atoms with Gasteiger partial charge >= 0.3 is 0 Å². The fourth-order valence-corrected chi connectivity index (χ4v) is 4.42. The highest BCUT2D eigenvalue weighted by Crippen LogP contribution is 2.41. The molecule has 1 atom stereocenters. The van der Waals surface area contributed by atoms with Crippen LogP contribution >= 0.6 is 11.3 Å². The molecule has 2 amide bonds. The Bertz CT molecular complexity index is 885. The van der Waals surface area contributed by atoms with Gasteiger partial charge < -0.3 is 10.2 Å². The van der Waals surface area contributed by atoms with Crippen molar-refractivity contribution in [2.24, 2.45) is 5.92 Å². The van der Waals surface area contributed by atoms with E-state index in [-0.39, 0.29) is 23.8 Å². The second-order valence-electron chi connectivity index (χ2n) is 7.20. The molecule has 0 spiro atoms. The lowest BCUT2D eigenvalue weighted by molar-refractivity contribution is -0.120. The predicted molar refractivity (Wildman–Crippen MR) is 105 cm³/mol. The van der Waals surface area contributed by atoms with E-state index >= 15 is 0 Å². The first-order chi connectivity index (χ1) is 12.5. The van der Waals surface area contributed by atoms with Crippen LogP contribution in [0.2, 0.25) is 0 Å². The maximum Gasteiger partial charge on any atom is 0.230 e. The van der Waals surface area contributed by atoms with Crippen molar-refractivity contribution in [2.45, 2.75) is 52.5 Å². The van der Waals surface area contributed by atoms with Crippen molar-refractivity contribution in [2.75, 3.05) is 10.2 Å². The van der Waals surface area contributed by atoms with E-state index in [2.05, 4.69) is 29.4 Å². The number of aromatic nitrogens is 1.